The number of likely N-dealkylation sites (tertiary alicyclic amines) is 1. The van der Waals surface area contributed by atoms with E-state index in [-0.39, 0.29) is 23.5 Å². The van der Waals surface area contributed by atoms with E-state index in [1.54, 1.807) is 24.3 Å². The topological polar surface area (TPSA) is 95.6 Å². The second-order valence-electron chi connectivity index (χ2n) is 6.28. The predicted molar refractivity (Wildman–Crippen MR) is 90.8 cm³/mol. The molecule has 2 fully saturated rings. The van der Waals surface area contributed by atoms with Crippen LogP contribution in [-0.2, 0) is 9.84 Å². The number of carbonyl (C=O) groups excluding carboxylic acids is 2. The molecule has 1 aromatic carbocycles. The maximum Gasteiger partial charge on any atom is 0.319 e. The van der Waals surface area contributed by atoms with Crippen LogP contribution < -0.4 is 10.6 Å². The van der Waals surface area contributed by atoms with Crippen LogP contribution in [0, 0.1) is 0 Å². The van der Waals surface area contributed by atoms with Crippen LogP contribution in [0.2, 0.25) is 0 Å². The Bertz CT molecular complexity index is 724. The number of amides is 3. The Morgan fingerprint density at radius 2 is 1.75 bits per heavy atom. The predicted octanol–water partition coefficient (Wildman–Crippen LogP) is 1.23. The van der Waals surface area contributed by atoms with Crippen molar-refractivity contribution in [2.75, 3.05) is 29.9 Å². The van der Waals surface area contributed by atoms with E-state index in [1.165, 1.54) is 0 Å². The highest BCUT2D eigenvalue weighted by molar-refractivity contribution is 7.91. The number of nitrogens with zero attached hydrogens (tertiary/aromatic N) is 1. The number of carbonyl (C=O) groups is 2. The van der Waals surface area contributed by atoms with Gasteiger partial charge in [-0.15, -0.1) is 0 Å². The Balaban J connectivity index is 1.54. The molecular formula is C16H21N3O4S. The van der Waals surface area contributed by atoms with Crippen molar-refractivity contribution < 1.29 is 18.0 Å². The van der Waals surface area contributed by atoms with Gasteiger partial charge in [-0.05, 0) is 43.5 Å². The summed E-state index contributed by atoms with van der Waals surface area (Å²) in [6.07, 6.45) is 2.53. The Morgan fingerprint density at radius 3 is 2.33 bits per heavy atom. The van der Waals surface area contributed by atoms with Crippen molar-refractivity contribution in [3.05, 3.63) is 29.8 Å². The molecule has 0 aliphatic carbocycles. The van der Waals surface area contributed by atoms with E-state index < -0.39 is 15.9 Å². The molecule has 2 aliphatic heterocycles. The lowest BCUT2D eigenvalue weighted by molar-refractivity contribution is 0.0793. The van der Waals surface area contributed by atoms with Crippen LogP contribution in [0.3, 0.4) is 0 Å². The fourth-order valence-corrected chi connectivity index (χ4v) is 4.73. The second kappa shape index (κ2) is 6.80. The van der Waals surface area contributed by atoms with Gasteiger partial charge in [0.25, 0.3) is 5.91 Å². The maximum absolute atomic E-state index is 12.2. The van der Waals surface area contributed by atoms with Gasteiger partial charge < -0.3 is 15.5 Å². The first-order valence-corrected chi connectivity index (χ1v) is 9.92. The lowest BCUT2D eigenvalue weighted by Crippen LogP contribution is -2.38. The number of hydrogen-bond donors (Lipinski definition) is 2. The summed E-state index contributed by atoms with van der Waals surface area (Å²) in [5.41, 5.74) is 1.16. The van der Waals surface area contributed by atoms with Crippen LogP contribution in [0.5, 0.6) is 0 Å². The van der Waals surface area contributed by atoms with Crippen LogP contribution in [-0.4, -0.2) is 55.9 Å². The maximum atomic E-state index is 12.2. The van der Waals surface area contributed by atoms with Crippen LogP contribution in [0.4, 0.5) is 10.5 Å². The number of sulfone groups is 1. The molecule has 2 heterocycles. The third-order valence-corrected chi connectivity index (χ3v) is 6.12. The Kier molecular flexibility index (Phi) is 4.75. The summed E-state index contributed by atoms with van der Waals surface area (Å²) >= 11 is 0. The molecule has 130 valence electrons. The van der Waals surface area contributed by atoms with Crippen LogP contribution in [0.1, 0.15) is 29.6 Å². The minimum Gasteiger partial charge on any atom is -0.339 e. The summed E-state index contributed by atoms with van der Waals surface area (Å²) in [5, 5.41) is 5.32. The van der Waals surface area contributed by atoms with Gasteiger partial charge in [0.05, 0.1) is 11.5 Å². The summed E-state index contributed by atoms with van der Waals surface area (Å²) in [6.45, 7) is 1.59. The molecule has 1 atom stereocenters. The van der Waals surface area contributed by atoms with E-state index >= 15 is 0 Å². The molecule has 3 rings (SSSR count). The van der Waals surface area contributed by atoms with Gasteiger partial charge in [-0.1, -0.05) is 0 Å². The molecule has 2 aliphatic rings. The number of rotatable bonds is 3. The summed E-state index contributed by atoms with van der Waals surface area (Å²) in [4.78, 5) is 26.0. The van der Waals surface area contributed by atoms with Crippen molar-refractivity contribution in [1.82, 2.24) is 10.2 Å². The molecular weight excluding hydrogens is 330 g/mol. The molecule has 24 heavy (non-hydrogen) atoms. The van der Waals surface area contributed by atoms with Gasteiger partial charge >= 0.3 is 6.03 Å². The lowest BCUT2D eigenvalue weighted by atomic mass is 10.2. The molecule has 7 nitrogen and oxygen atoms in total. The SMILES string of the molecule is O=C(Nc1ccc(C(=O)N2CCCC2)cc1)NC1CCS(=O)(=O)C1. The van der Waals surface area contributed by atoms with E-state index in [2.05, 4.69) is 10.6 Å². The minimum absolute atomic E-state index is 0.0102. The first-order valence-electron chi connectivity index (χ1n) is 8.10. The fraction of sp³-hybridized carbons (Fsp3) is 0.500. The number of nitrogens with one attached hydrogen (secondary N) is 2. The van der Waals surface area contributed by atoms with Gasteiger partial charge in [0.15, 0.2) is 9.84 Å². The summed E-state index contributed by atoms with van der Waals surface area (Å²) in [7, 11) is -3.02. The molecule has 2 N–H and O–H groups in total. The van der Waals surface area contributed by atoms with Crippen molar-refractivity contribution in [3.63, 3.8) is 0 Å². The fourth-order valence-electron chi connectivity index (χ4n) is 3.06. The van der Waals surface area contributed by atoms with Gasteiger partial charge in [0, 0.05) is 30.4 Å². The molecule has 0 radical (unpaired) electrons. The molecule has 1 aromatic rings. The van der Waals surface area contributed by atoms with E-state index in [0.717, 1.165) is 25.9 Å². The Morgan fingerprint density at radius 1 is 1.08 bits per heavy atom. The number of urea groups is 1. The normalized spacial score (nSPS) is 22.3. The van der Waals surface area contributed by atoms with Crippen molar-refractivity contribution in [1.29, 1.82) is 0 Å². The molecule has 8 heteroatoms. The highest BCUT2D eigenvalue weighted by Crippen LogP contribution is 2.16. The van der Waals surface area contributed by atoms with Crippen molar-refractivity contribution >= 4 is 27.5 Å². The third-order valence-electron chi connectivity index (χ3n) is 4.35. The first-order chi connectivity index (χ1) is 11.4. The van der Waals surface area contributed by atoms with Crippen molar-refractivity contribution in [2.45, 2.75) is 25.3 Å². The van der Waals surface area contributed by atoms with Gasteiger partial charge in [-0.3, -0.25) is 4.79 Å². The number of anilines is 1. The van der Waals surface area contributed by atoms with Crippen LogP contribution in [0.15, 0.2) is 24.3 Å². The minimum atomic E-state index is -3.02. The quantitative estimate of drug-likeness (QED) is 0.856. The summed E-state index contributed by atoms with van der Waals surface area (Å²) < 4.78 is 22.8. The monoisotopic (exact) mass is 351 g/mol. The lowest BCUT2D eigenvalue weighted by Gasteiger charge is -2.15. The van der Waals surface area contributed by atoms with Gasteiger partial charge in [-0.2, -0.15) is 0 Å². The van der Waals surface area contributed by atoms with Crippen LogP contribution in [0.25, 0.3) is 0 Å². The van der Waals surface area contributed by atoms with E-state index in [1.807, 2.05) is 4.90 Å². The zero-order valence-corrected chi connectivity index (χ0v) is 14.1. The first kappa shape index (κ1) is 16.8. The molecule has 0 saturated carbocycles. The van der Waals surface area contributed by atoms with Crippen molar-refractivity contribution in [2.24, 2.45) is 0 Å². The second-order valence-corrected chi connectivity index (χ2v) is 8.50. The van der Waals surface area contributed by atoms with E-state index in [0.29, 0.717) is 17.7 Å². The molecule has 1 unspecified atom stereocenters. The molecule has 0 aromatic heterocycles. The molecule has 0 bridgehead atoms. The van der Waals surface area contributed by atoms with E-state index in [9.17, 15) is 18.0 Å². The zero-order chi connectivity index (χ0) is 17.2. The number of hydrogen-bond acceptors (Lipinski definition) is 4. The van der Waals surface area contributed by atoms with E-state index in [4.69, 9.17) is 0 Å². The third kappa shape index (κ3) is 4.05. The average Bonchev–Trinajstić information content (AvgIpc) is 3.17. The highest BCUT2D eigenvalue weighted by atomic mass is 32.2. The standard InChI is InChI=1S/C16H21N3O4S/c20-15(19-8-1-2-9-19)12-3-5-13(6-4-12)17-16(21)18-14-7-10-24(22,23)11-14/h3-6,14H,1-2,7-11H2,(H2,17,18,21). The van der Waals surface area contributed by atoms with Gasteiger partial charge in [0.1, 0.15) is 0 Å². The average molecular weight is 351 g/mol. The Hall–Kier alpha value is -2.09. The summed E-state index contributed by atoms with van der Waals surface area (Å²) in [5.74, 6) is 0.120. The summed E-state index contributed by atoms with van der Waals surface area (Å²) in [6, 6.07) is 5.96. The van der Waals surface area contributed by atoms with Crippen LogP contribution >= 0.6 is 0 Å². The molecule has 2 saturated heterocycles. The van der Waals surface area contributed by atoms with Gasteiger partial charge in [-0.25, -0.2) is 13.2 Å². The molecule has 3 amide bonds. The highest BCUT2D eigenvalue weighted by Gasteiger charge is 2.28. The van der Waals surface area contributed by atoms with Gasteiger partial charge in [0.2, 0.25) is 0 Å². The largest absolute Gasteiger partial charge is 0.339 e. The van der Waals surface area contributed by atoms with Crippen molar-refractivity contribution in [3.8, 4) is 0 Å². The smallest absolute Gasteiger partial charge is 0.319 e. The zero-order valence-electron chi connectivity index (χ0n) is 13.3. The Labute approximate surface area is 141 Å². The molecule has 0 spiro atoms. The number of benzene rings is 1.